The Morgan fingerprint density at radius 2 is 1.82 bits per heavy atom. The summed E-state index contributed by atoms with van der Waals surface area (Å²) in [5, 5.41) is 3.85. The van der Waals surface area contributed by atoms with Gasteiger partial charge >= 0.3 is 0 Å². The maximum atomic E-state index is 12.1. The molecule has 6 heteroatoms. The molecule has 1 heterocycles. The van der Waals surface area contributed by atoms with E-state index in [0.29, 0.717) is 29.3 Å². The second-order valence-electron chi connectivity index (χ2n) is 4.70. The predicted molar refractivity (Wildman–Crippen MR) is 75.0 cm³/mol. The minimum absolute atomic E-state index is 0.290. The van der Waals surface area contributed by atoms with Crippen LogP contribution in [-0.2, 0) is 10.0 Å². The molecule has 0 bridgehead atoms. The van der Waals surface area contributed by atoms with Crippen molar-refractivity contribution in [1.29, 1.82) is 0 Å². The molecule has 17 heavy (non-hydrogen) atoms. The van der Waals surface area contributed by atoms with Crippen molar-refractivity contribution in [3.63, 3.8) is 0 Å². The van der Waals surface area contributed by atoms with Crippen LogP contribution in [0.25, 0.3) is 0 Å². The van der Waals surface area contributed by atoms with E-state index in [1.54, 1.807) is 4.31 Å². The van der Waals surface area contributed by atoms with E-state index in [9.17, 15) is 8.42 Å². The average molecular weight is 280 g/mol. The van der Waals surface area contributed by atoms with E-state index in [1.165, 1.54) is 0 Å². The summed E-state index contributed by atoms with van der Waals surface area (Å²) in [6, 6.07) is 0. The highest BCUT2D eigenvalue weighted by Gasteiger charge is 2.30. The van der Waals surface area contributed by atoms with Gasteiger partial charge in [-0.05, 0) is 26.4 Å². The summed E-state index contributed by atoms with van der Waals surface area (Å²) in [4.78, 5) is 0. The highest BCUT2D eigenvalue weighted by atomic mass is 32.2. The number of rotatable bonds is 6. The van der Waals surface area contributed by atoms with Crippen LogP contribution in [0, 0.1) is 0 Å². The van der Waals surface area contributed by atoms with Crippen molar-refractivity contribution < 1.29 is 8.42 Å². The third-order valence-corrected chi connectivity index (χ3v) is 5.98. The number of nitrogens with one attached hydrogen (secondary N) is 1. The highest BCUT2D eigenvalue weighted by Crippen LogP contribution is 2.26. The van der Waals surface area contributed by atoms with Crippen molar-refractivity contribution in [3.8, 4) is 0 Å². The quantitative estimate of drug-likeness (QED) is 0.741. The fraction of sp³-hybridized carbons (Fsp3) is 1.00. The van der Waals surface area contributed by atoms with Crippen LogP contribution < -0.4 is 5.32 Å². The molecule has 0 amide bonds. The van der Waals surface area contributed by atoms with Crippen LogP contribution in [-0.4, -0.2) is 55.7 Å². The van der Waals surface area contributed by atoms with Gasteiger partial charge in [-0.1, -0.05) is 13.8 Å². The van der Waals surface area contributed by atoms with Crippen LogP contribution >= 0.6 is 11.8 Å². The lowest BCUT2D eigenvalue weighted by Crippen LogP contribution is -2.44. The molecule has 0 aromatic carbocycles. The van der Waals surface area contributed by atoms with Gasteiger partial charge in [-0.3, -0.25) is 0 Å². The third-order valence-electron chi connectivity index (χ3n) is 2.86. The molecule has 1 saturated heterocycles. The number of unbranched alkanes of at least 4 members (excludes halogenated alkanes) is 1. The summed E-state index contributed by atoms with van der Waals surface area (Å²) in [5.41, 5.74) is 0. The Morgan fingerprint density at radius 1 is 1.24 bits per heavy atom. The molecule has 0 aromatic heterocycles. The molecule has 2 unspecified atom stereocenters. The van der Waals surface area contributed by atoms with Gasteiger partial charge in [0, 0.05) is 23.6 Å². The van der Waals surface area contributed by atoms with Crippen molar-refractivity contribution in [2.45, 2.75) is 37.2 Å². The smallest absolute Gasteiger partial charge is 0.214 e. The number of hydrogen-bond donors (Lipinski definition) is 1. The molecule has 1 rings (SSSR count). The van der Waals surface area contributed by atoms with Crippen molar-refractivity contribution in [2.24, 2.45) is 0 Å². The Balaban J connectivity index is 2.45. The molecule has 0 spiro atoms. The van der Waals surface area contributed by atoms with Crippen LogP contribution in [0.3, 0.4) is 0 Å². The number of thioether (sulfide) groups is 1. The molecule has 0 saturated carbocycles. The summed E-state index contributed by atoms with van der Waals surface area (Å²) in [6.07, 6.45) is 1.67. The topological polar surface area (TPSA) is 49.4 Å². The van der Waals surface area contributed by atoms with E-state index in [4.69, 9.17) is 0 Å². The first-order chi connectivity index (χ1) is 7.95. The molecule has 102 valence electrons. The number of hydrogen-bond acceptors (Lipinski definition) is 4. The highest BCUT2D eigenvalue weighted by molar-refractivity contribution is 8.00. The molecular formula is C11H24N2O2S2. The SMILES string of the molecule is CNCCCCS(=O)(=O)N1CC(C)SC(C)C1. The summed E-state index contributed by atoms with van der Waals surface area (Å²) < 4.78 is 26.0. The fourth-order valence-electron chi connectivity index (χ4n) is 2.07. The van der Waals surface area contributed by atoms with Gasteiger partial charge in [0.15, 0.2) is 0 Å². The van der Waals surface area contributed by atoms with Crippen LogP contribution in [0.1, 0.15) is 26.7 Å². The Bertz CT molecular complexity index is 309. The van der Waals surface area contributed by atoms with E-state index in [1.807, 2.05) is 18.8 Å². The second-order valence-corrected chi connectivity index (χ2v) is 8.67. The molecule has 1 aliphatic heterocycles. The van der Waals surface area contributed by atoms with Gasteiger partial charge in [0.05, 0.1) is 5.75 Å². The van der Waals surface area contributed by atoms with E-state index in [-0.39, 0.29) is 0 Å². The maximum Gasteiger partial charge on any atom is 0.214 e. The minimum atomic E-state index is -3.04. The second kappa shape index (κ2) is 6.97. The summed E-state index contributed by atoms with van der Waals surface area (Å²) >= 11 is 1.88. The fourth-order valence-corrected chi connectivity index (χ4v) is 5.32. The third kappa shape index (κ3) is 5.16. The zero-order valence-corrected chi connectivity index (χ0v) is 12.6. The Hall–Kier alpha value is 0.220. The average Bonchev–Trinajstić information content (AvgIpc) is 2.23. The normalized spacial score (nSPS) is 27.2. The van der Waals surface area contributed by atoms with E-state index in [2.05, 4.69) is 19.2 Å². The largest absolute Gasteiger partial charge is 0.320 e. The minimum Gasteiger partial charge on any atom is -0.320 e. The van der Waals surface area contributed by atoms with Gasteiger partial charge in [-0.2, -0.15) is 16.1 Å². The van der Waals surface area contributed by atoms with Crippen molar-refractivity contribution in [2.75, 3.05) is 32.4 Å². The monoisotopic (exact) mass is 280 g/mol. The van der Waals surface area contributed by atoms with Crippen LogP contribution in [0.15, 0.2) is 0 Å². The zero-order valence-electron chi connectivity index (χ0n) is 11.0. The van der Waals surface area contributed by atoms with E-state index in [0.717, 1.165) is 19.4 Å². The summed E-state index contributed by atoms with van der Waals surface area (Å²) in [5.74, 6) is 0.290. The predicted octanol–water partition coefficient (Wildman–Crippen LogP) is 1.14. The van der Waals surface area contributed by atoms with Gasteiger partial charge in [0.1, 0.15) is 0 Å². The van der Waals surface area contributed by atoms with E-state index >= 15 is 0 Å². The van der Waals surface area contributed by atoms with Crippen LogP contribution in [0.5, 0.6) is 0 Å². The van der Waals surface area contributed by atoms with Crippen LogP contribution in [0.2, 0.25) is 0 Å². The van der Waals surface area contributed by atoms with Crippen molar-refractivity contribution >= 4 is 21.8 Å². The van der Waals surface area contributed by atoms with Gasteiger partial charge in [0.2, 0.25) is 10.0 Å². The lowest BCUT2D eigenvalue weighted by molar-refractivity contribution is 0.403. The number of sulfonamides is 1. The molecule has 1 N–H and O–H groups in total. The zero-order chi connectivity index (χ0) is 12.9. The standard InChI is InChI=1S/C11H24N2O2S2/c1-10-8-13(9-11(2)16-10)17(14,15)7-5-4-6-12-3/h10-12H,4-9H2,1-3H3. The maximum absolute atomic E-state index is 12.1. The number of nitrogens with zero attached hydrogens (tertiary/aromatic N) is 1. The molecule has 1 fully saturated rings. The summed E-state index contributed by atoms with van der Waals surface area (Å²) in [6.45, 7) is 6.43. The molecule has 1 aliphatic rings. The Morgan fingerprint density at radius 3 is 2.35 bits per heavy atom. The lowest BCUT2D eigenvalue weighted by atomic mass is 10.3. The van der Waals surface area contributed by atoms with Gasteiger partial charge < -0.3 is 5.32 Å². The first kappa shape index (κ1) is 15.3. The van der Waals surface area contributed by atoms with Crippen molar-refractivity contribution in [1.82, 2.24) is 9.62 Å². The molecule has 0 aliphatic carbocycles. The lowest BCUT2D eigenvalue weighted by Gasteiger charge is -2.33. The van der Waals surface area contributed by atoms with Gasteiger partial charge in [0.25, 0.3) is 0 Å². The molecule has 0 aromatic rings. The first-order valence-corrected chi connectivity index (χ1v) is 8.79. The van der Waals surface area contributed by atoms with Gasteiger partial charge in [-0.25, -0.2) is 8.42 Å². The molecule has 0 radical (unpaired) electrons. The van der Waals surface area contributed by atoms with Crippen LogP contribution in [0.4, 0.5) is 0 Å². The molecule has 2 atom stereocenters. The Labute approximate surface area is 110 Å². The molecular weight excluding hydrogens is 256 g/mol. The van der Waals surface area contributed by atoms with E-state index < -0.39 is 10.0 Å². The first-order valence-electron chi connectivity index (χ1n) is 6.23. The van der Waals surface area contributed by atoms with Crippen molar-refractivity contribution in [3.05, 3.63) is 0 Å². The Kier molecular flexibility index (Phi) is 6.26. The summed E-state index contributed by atoms with van der Waals surface area (Å²) in [7, 11) is -1.15. The van der Waals surface area contributed by atoms with Gasteiger partial charge in [-0.15, -0.1) is 0 Å². The molecule has 4 nitrogen and oxygen atoms in total.